The number of hydrogen-bond acceptors (Lipinski definition) is 7. The first-order valence-corrected chi connectivity index (χ1v) is 10.9. The van der Waals surface area contributed by atoms with Gasteiger partial charge in [0, 0.05) is 11.6 Å². The number of hydrazone groups is 1. The number of hydrogen-bond donors (Lipinski definition) is 2. The first kappa shape index (κ1) is 24.2. The van der Waals surface area contributed by atoms with Crippen molar-refractivity contribution in [3.63, 3.8) is 0 Å². The predicted octanol–water partition coefficient (Wildman–Crippen LogP) is 4.05. The van der Waals surface area contributed by atoms with Crippen molar-refractivity contribution >= 4 is 29.0 Å². The summed E-state index contributed by atoms with van der Waals surface area (Å²) in [6.07, 6.45) is 3.14. The molecule has 0 aliphatic rings. The molecule has 0 saturated heterocycles. The Bertz CT molecular complexity index is 1410. The molecule has 182 valence electrons. The minimum atomic E-state index is -0.998. The minimum absolute atomic E-state index is 0.174. The minimum Gasteiger partial charge on any atom is -0.493 e. The summed E-state index contributed by atoms with van der Waals surface area (Å²) < 4.78 is 16.8. The highest BCUT2D eigenvalue weighted by molar-refractivity contribution is 5.88. The molecule has 9 nitrogen and oxygen atoms in total. The standard InChI is InChI=1S/C27H23N3O6/c1-34-24-14-18(10-11-22(24)35-16-19-5-2-7-21(13-19)27(32)33)15-29-30-25(31)17-36-23-9-3-6-20-8-4-12-28-26(20)23/h2-15H,16-17H2,1H3,(H,30,31)(H,32,33)/b29-15+. The Balaban J connectivity index is 1.32. The monoisotopic (exact) mass is 485 g/mol. The number of nitrogens with zero attached hydrogens (tertiary/aromatic N) is 2. The topological polar surface area (TPSA) is 119 Å². The zero-order valence-corrected chi connectivity index (χ0v) is 19.4. The van der Waals surface area contributed by atoms with Crippen molar-refractivity contribution in [2.75, 3.05) is 13.7 Å². The van der Waals surface area contributed by atoms with Crippen LogP contribution >= 0.6 is 0 Å². The molecule has 0 atom stereocenters. The van der Waals surface area contributed by atoms with Gasteiger partial charge in [0.2, 0.25) is 0 Å². The number of aromatic carboxylic acids is 1. The van der Waals surface area contributed by atoms with Crippen LogP contribution in [-0.4, -0.2) is 41.9 Å². The molecule has 0 aliphatic carbocycles. The Kier molecular flexibility index (Phi) is 7.72. The zero-order valence-electron chi connectivity index (χ0n) is 19.4. The maximum absolute atomic E-state index is 12.2. The third-order valence-electron chi connectivity index (χ3n) is 5.11. The first-order chi connectivity index (χ1) is 17.5. The number of carboxylic acid groups (broad SMARTS) is 1. The number of fused-ring (bicyclic) bond motifs is 1. The fraction of sp³-hybridized carbons (Fsp3) is 0.111. The second-order valence-electron chi connectivity index (χ2n) is 7.62. The summed E-state index contributed by atoms with van der Waals surface area (Å²) in [5.74, 6) is 0.0437. The summed E-state index contributed by atoms with van der Waals surface area (Å²) in [5.41, 5.74) is 4.69. The Labute approximate surface area is 207 Å². The van der Waals surface area contributed by atoms with Crippen LogP contribution in [0.5, 0.6) is 17.2 Å². The van der Waals surface area contributed by atoms with E-state index in [0.29, 0.717) is 33.9 Å². The molecule has 36 heavy (non-hydrogen) atoms. The van der Waals surface area contributed by atoms with Crippen LogP contribution in [-0.2, 0) is 11.4 Å². The Hall–Kier alpha value is -4.92. The van der Waals surface area contributed by atoms with Crippen LogP contribution in [0, 0.1) is 0 Å². The van der Waals surface area contributed by atoms with E-state index < -0.39 is 11.9 Å². The van der Waals surface area contributed by atoms with E-state index in [2.05, 4.69) is 15.5 Å². The van der Waals surface area contributed by atoms with Crippen molar-refractivity contribution in [2.24, 2.45) is 5.10 Å². The van der Waals surface area contributed by atoms with E-state index in [1.807, 2.05) is 24.3 Å². The molecule has 3 aromatic carbocycles. The van der Waals surface area contributed by atoms with Crippen molar-refractivity contribution in [3.8, 4) is 17.2 Å². The molecule has 1 amide bonds. The number of rotatable bonds is 10. The second kappa shape index (κ2) is 11.5. The Morgan fingerprint density at radius 2 is 1.81 bits per heavy atom. The van der Waals surface area contributed by atoms with E-state index >= 15 is 0 Å². The van der Waals surface area contributed by atoms with Crippen LogP contribution in [0.1, 0.15) is 21.5 Å². The van der Waals surface area contributed by atoms with Gasteiger partial charge in [-0.25, -0.2) is 10.2 Å². The molecule has 0 radical (unpaired) electrons. The van der Waals surface area contributed by atoms with Gasteiger partial charge in [-0.15, -0.1) is 0 Å². The maximum atomic E-state index is 12.2. The molecule has 1 aromatic heterocycles. The fourth-order valence-electron chi connectivity index (χ4n) is 3.39. The van der Waals surface area contributed by atoms with Gasteiger partial charge in [-0.2, -0.15) is 5.10 Å². The van der Waals surface area contributed by atoms with E-state index in [4.69, 9.17) is 19.3 Å². The van der Waals surface area contributed by atoms with Gasteiger partial charge in [0.1, 0.15) is 17.9 Å². The lowest BCUT2D eigenvalue weighted by Crippen LogP contribution is -2.24. The molecular weight excluding hydrogens is 462 g/mol. The van der Waals surface area contributed by atoms with Crippen molar-refractivity contribution in [1.29, 1.82) is 0 Å². The summed E-state index contributed by atoms with van der Waals surface area (Å²) >= 11 is 0. The molecule has 0 fully saturated rings. The molecule has 2 N–H and O–H groups in total. The quantitative estimate of drug-likeness (QED) is 0.257. The summed E-state index contributed by atoms with van der Waals surface area (Å²) in [6, 6.07) is 20.9. The number of carbonyl (C=O) groups is 2. The largest absolute Gasteiger partial charge is 0.493 e. The molecular formula is C27H23N3O6. The summed E-state index contributed by atoms with van der Waals surface area (Å²) in [6.45, 7) is -0.0423. The molecule has 4 aromatic rings. The van der Waals surface area contributed by atoms with Crippen molar-refractivity contribution in [2.45, 2.75) is 6.61 Å². The molecule has 4 rings (SSSR count). The highest BCUT2D eigenvalue weighted by atomic mass is 16.5. The molecule has 0 bridgehead atoms. The van der Waals surface area contributed by atoms with Crippen molar-refractivity contribution < 1.29 is 28.9 Å². The molecule has 0 unspecified atom stereocenters. The third kappa shape index (κ3) is 6.15. The number of ether oxygens (including phenoxy) is 3. The van der Waals surface area contributed by atoms with E-state index in [1.54, 1.807) is 48.7 Å². The van der Waals surface area contributed by atoms with Crippen LogP contribution in [0.25, 0.3) is 10.9 Å². The van der Waals surface area contributed by atoms with E-state index in [9.17, 15) is 9.59 Å². The van der Waals surface area contributed by atoms with Crippen LogP contribution in [0.2, 0.25) is 0 Å². The van der Waals surface area contributed by atoms with Gasteiger partial charge in [0.05, 0.1) is 18.9 Å². The summed E-state index contributed by atoms with van der Waals surface area (Å²) in [5, 5.41) is 14.0. The first-order valence-electron chi connectivity index (χ1n) is 10.9. The average Bonchev–Trinajstić information content (AvgIpc) is 2.91. The summed E-state index contributed by atoms with van der Waals surface area (Å²) in [4.78, 5) is 27.6. The lowest BCUT2D eigenvalue weighted by molar-refractivity contribution is -0.123. The number of benzene rings is 3. The van der Waals surface area contributed by atoms with Gasteiger partial charge >= 0.3 is 5.97 Å². The Morgan fingerprint density at radius 1 is 0.972 bits per heavy atom. The zero-order chi connectivity index (χ0) is 25.3. The smallest absolute Gasteiger partial charge is 0.335 e. The third-order valence-corrected chi connectivity index (χ3v) is 5.11. The number of amides is 1. The number of methoxy groups -OCH3 is 1. The number of para-hydroxylation sites is 1. The summed E-state index contributed by atoms with van der Waals surface area (Å²) in [7, 11) is 1.51. The lowest BCUT2D eigenvalue weighted by atomic mass is 10.1. The fourth-order valence-corrected chi connectivity index (χ4v) is 3.39. The highest BCUT2D eigenvalue weighted by Crippen LogP contribution is 2.28. The molecule has 1 heterocycles. The van der Waals surface area contributed by atoms with Crippen LogP contribution in [0.3, 0.4) is 0 Å². The van der Waals surface area contributed by atoms with Gasteiger partial charge in [0.25, 0.3) is 5.91 Å². The number of nitrogens with one attached hydrogen (secondary N) is 1. The van der Waals surface area contributed by atoms with E-state index in [-0.39, 0.29) is 18.8 Å². The van der Waals surface area contributed by atoms with Crippen molar-refractivity contribution in [3.05, 3.63) is 95.7 Å². The van der Waals surface area contributed by atoms with E-state index in [0.717, 1.165) is 5.39 Å². The normalized spacial score (nSPS) is 10.8. The maximum Gasteiger partial charge on any atom is 0.335 e. The second-order valence-corrected chi connectivity index (χ2v) is 7.62. The highest BCUT2D eigenvalue weighted by Gasteiger charge is 2.09. The van der Waals surface area contributed by atoms with Crippen LogP contribution < -0.4 is 19.6 Å². The molecule has 0 saturated carbocycles. The molecule has 9 heteroatoms. The number of pyridine rings is 1. The van der Waals surface area contributed by atoms with Gasteiger partial charge in [-0.3, -0.25) is 9.78 Å². The van der Waals surface area contributed by atoms with Crippen LogP contribution in [0.4, 0.5) is 0 Å². The van der Waals surface area contributed by atoms with Crippen molar-refractivity contribution in [1.82, 2.24) is 10.4 Å². The van der Waals surface area contributed by atoms with Crippen LogP contribution in [0.15, 0.2) is 84.1 Å². The number of carboxylic acids is 1. The van der Waals surface area contributed by atoms with Gasteiger partial charge in [-0.1, -0.05) is 30.3 Å². The molecule has 0 spiro atoms. The number of carbonyl (C=O) groups excluding carboxylic acids is 1. The number of aromatic nitrogens is 1. The average molecular weight is 485 g/mol. The SMILES string of the molecule is COc1cc(/C=N/NC(=O)COc2cccc3cccnc23)ccc1OCc1cccc(C(=O)O)c1. The lowest BCUT2D eigenvalue weighted by Gasteiger charge is -2.11. The predicted molar refractivity (Wildman–Crippen MR) is 134 cm³/mol. The van der Waals surface area contributed by atoms with Gasteiger partial charge < -0.3 is 19.3 Å². The van der Waals surface area contributed by atoms with E-state index in [1.165, 1.54) is 19.4 Å². The Morgan fingerprint density at radius 3 is 2.64 bits per heavy atom. The van der Waals surface area contributed by atoms with Gasteiger partial charge in [-0.05, 0) is 53.6 Å². The van der Waals surface area contributed by atoms with Gasteiger partial charge in [0.15, 0.2) is 18.1 Å². The molecule has 0 aliphatic heterocycles.